The first-order valence-corrected chi connectivity index (χ1v) is 3.28. The van der Waals surface area contributed by atoms with E-state index < -0.39 is 6.10 Å². The molecule has 0 aliphatic heterocycles. The van der Waals surface area contributed by atoms with Gasteiger partial charge >= 0.3 is 0 Å². The van der Waals surface area contributed by atoms with E-state index >= 15 is 0 Å². The summed E-state index contributed by atoms with van der Waals surface area (Å²) in [6, 6.07) is 0. The van der Waals surface area contributed by atoms with Gasteiger partial charge in [-0.2, -0.15) is 0 Å². The zero-order chi connectivity index (χ0) is 7.40. The third-order valence-electron chi connectivity index (χ3n) is 1.29. The average Bonchev–Trinajstić information content (AvgIpc) is 2.12. The lowest BCUT2D eigenvalue weighted by atomic mass is 10.2. The summed E-state index contributed by atoms with van der Waals surface area (Å²) in [6.45, 7) is 1.73. The van der Waals surface area contributed by atoms with E-state index in [1.165, 1.54) is 0 Å². The molecule has 0 radical (unpaired) electrons. The molecule has 1 unspecified atom stereocenters. The van der Waals surface area contributed by atoms with Crippen molar-refractivity contribution in [1.29, 1.82) is 0 Å². The zero-order valence-electron chi connectivity index (χ0n) is 5.91. The van der Waals surface area contributed by atoms with Crippen molar-refractivity contribution >= 4 is 0 Å². The van der Waals surface area contributed by atoms with E-state index in [9.17, 15) is 0 Å². The van der Waals surface area contributed by atoms with Gasteiger partial charge in [0, 0.05) is 5.57 Å². The van der Waals surface area contributed by atoms with Crippen LogP contribution >= 0.6 is 0 Å². The largest absolute Gasteiger partial charge is 0.388 e. The maximum absolute atomic E-state index is 9.10. The molecule has 52 valence electrons. The summed E-state index contributed by atoms with van der Waals surface area (Å²) in [5, 5.41) is 9.10. The molecule has 0 fully saturated rings. The van der Waals surface area contributed by atoms with Gasteiger partial charge in [0.25, 0.3) is 0 Å². The second kappa shape index (κ2) is 3.21. The molecule has 0 aromatic heterocycles. The van der Waals surface area contributed by atoms with Crippen LogP contribution in [0.3, 0.4) is 0 Å². The third kappa shape index (κ3) is 1.73. The first kappa shape index (κ1) is 7.07. The van der Waals surface area contributed by atoms with Crippen molar-refractivity contribution in [1.82, 2.24) is 0 Å². The standard InChI is InChI=1S/C9H10O/c1-8(10)9-6-4-2-3-5-7-9/h2-6,8,10H,1H3. The molecule has 1 aliphatic carbocycles. The lowest BCUT2D eigenvalue weighted by Gasteiger charge is -1.99. The Morgan fingerprint density at radius 2 is 2.20 bits per heavy atom. The molecule has 1 rings (SSSR count). The highest BCUT2D eigenvalue weighted by atomic mass is 16.3. The molecule has 0 saturated heterocycles. The van der Waals surface area contributed by atoms with Crippen LogP contribution in [0.1, 0.15) is 6.92 Å². The smallest absolute Gasteiger partial charge is 0.0833 e. The summed E-state index contributed by atoms with van der Waals surface area (Å²) >= 11 is 0. The van der Waals surface area contributed by atoms with Crippen molar-refractivity contribution in [2.75, 3.05) is 0 Å². The van der Waals surface area contributed by atoms with Gasteiger partial charge in [-0.15, -0.1) is 5.73 Å². The maximum atomic E-state index is 9.10. The molecule has 0 spiro atoms. The van der Waals surface area contributed by atoms with Crippen LogP contribution in [0, 0.1) is 0 Å². The molecule has 1 N–H and O–H groups in total. The van der Waals surface area contributed by atoms with Gasteiger partial charge in [0.1, 0.15) is 0 Å². The summed E-state index contributed by atoms with van der Waals surface area (Å²) < 4.78 is 0. The van der Waals surface area contributed by atoms with Crippen LogP contribution in [0.5, 0.6) is 0 Å². The van der Waals surface area contributed by atoms with Gasteiger partial charge in [0.05, 0.1) is 6.10 Å². The molecule has 0 heterocycles. The van der Waals surface area contributed by atoms with Gasteiger partial charge in [0.2, 0.25) is 0 Å². The monoisotopic (exact) mass is 134 g/mol. The van der Waals surface area contributed by atoms with Crippen molar-refractivity contribution in [3.8, 4) is 0 Å². The van der Waals surface area contributed by atoms with Gasteiger partial charge < -0.3 is 5.11 Å². The van der Waals surface area contributed by atoms with E-state index in [0.29, 0.717) is 0 Å². The number of aliphatic hydroxyl groups excluding tert-OH is 1. The minimum absolute atomic E-state index is 0.424. The van der Waals surface area contributed by atoms with Crippen LogP contribution in [0.4, 0.5) is 0 Å². The molecule has 0 bridgehead atoms. The molecule has 1 aliphatic rings. The Kier molecular flexibility index (Phi) is 2.27. The van der Waals surface area contributed by atoms with Crippen LogP contribution < -0.4 is 0 Å². The van der Waals surface area contributed by atoms with Gasteiger partial charge in [-0.3, -0.25) is 0 Å². The quantitative estimate of drug-likeness (QED) is 0.540. The Balaban J connectivity index is 2.87. The van der Waals surface area contributed by atoms with Crippen LogP contribution in [0.15, 0.2) is 41.7 Å². The van der Waals surface area contributed by atoms with Gasteiger partial charge in [-0.05, 0) is 19.1 Å². The highest BCUT2D eigenvalue weighted by Gasteiger charge is 1.97. The molecular weight excluding hydrogens is 124 g/mol. The molecule has 10 heavy (non-hydrogen) atoms. The van der Waals surface area contributed by atoms with Crippen LogP contribution in [-0.2, 0) is 0 Å². The average molecular weight is 134 g/mol. The predicted molar refractivity (Wildman–Crippen MR) is 41.6 cm³/mol. The molecule has 0 aromatic carbocycles. The number of aliphatic hydroxyl groups is 1. The molecule has 1 heteroatoms. The van der Waals surface area contributed by atoms with Crippen molar-refractivity contribution < 1.29 is 5.11 Å². The van der Waals surface area contributed by atoms with Crippen LogP contribution in [0.25, 0.3) is 0 Å². The van der Waals surface area contributed by atoms with Gasteiger partial charge in [-0.25, -0.2) is 0 Å². The summed E-state index contributed by atoms with van der Waals surface area (Å²) in [4.78, 5) is 0. The Morgan fingerprint density at radius 3 is 2.90 bits per heavy atom. The first-order chi connectivity index (χ1) is 4.80. The lowest BCUT2D eigenvalue weighted by molar-refractivity contribution is 0.235. The summed E-state index contributed by atoms with van der Waals surface area (Å²) in [7, 11) is 0. The Hall–Kier alpha value is -1.04. The lowest BCUT2D eigenvalue weighted by Crippen LogP contribution is -2.00. The number of rotatable bonds is 1. The molecule has 0 saturated carbocycles. The zero-order valence-corrected chi connectivity index (χ0v) is 5.91. The Morgan fingerprint density at radius 1 is 1.40 bits per heavy atom. The molecule has 1 nitrogen and oxygen atoms in total. The fourth-order valence-electron chi connectivity index (χ4n) is 0.731. The second-order valence-electron chi connectivity index (χ2n) is 2.19. The highest BCUT2D eigenvalue weighted by Crippen LogP contribution is 2.03. The van der Waals surface area contributed by atoms with E-state index in [1.807, 2.05) is 24.3 Å². The van der Waals surface area contributed by atoms with Crippen LogP contribution in [-0.4, -0.2) is 11.2 Å². The second-order valence-corrected chi connectivity index (χ2v) is 2.19. The normalized spacial score (nSPS) is 18.4. The first-order valence-electron chi connectivity index (χ1n) is 3.28. The topological polar surface area (TPSA) is 20.2 Å². The minimum atomic E-state index is -0.424. The number of allylic oxidation sites excluding steroid dienone is 3. The molecule has 0 amide bonds. The van der Waals surface area contributed by atoms with E-state index in [2.05, 4.69) is 5.73 Å². The van der Waals surface area contributed by atoms with Crippen molar-refractivity contribution in [2.45, 2.75) is 13.0 Å². The van der Waals surface area contributed by atoms with Crippen LogP contribution in [0.2, 0.25) is 0 Å². The third-order valence-corrected chi connectivity index (χ3v) is 1.29. The van der Waals surface area contributed by atoms with E-state index in [-0.39, 0.29) is 0 Å². The SMILES string of the molecule is CC(O)C1=C=CC=CC=C1. The molecular formula is C9H10O. The summed E-state index contributed by atoms with van der Waals surface area (Å²) in [5.41, 5.74) is 3.77. The minimum Gasteiger partial charge on any atom is -0.388 e. The number of hydrogen-bond donors (Lipinski definition) is 1. The highest BCUT2D eigenvalue weighted by molar-refractivity contribution is 5.29. The fraction of sp³-hybridized carbons (Fsp3) is 0.222. The Bertz CT molecular complexity index is 225. The van der Waals surface area contributed by atoms with Gasteiger partial charge in [-0.1, -0.05) is 18.2 Å². The molecule has 1 atom stereocenters. The van der Waals surface area contributed by atoms with Crippen molar-refractivity contribution in [3.63, 3.8) is 0 Å². The predicted octanol–water partition coefficient (Wildman–Crippen LogP) is 1.57. The van der Waals surface area contributed by atoms with E-state index in [0.717, 1.165) is 5.57 Å². The summed E-state index contributed by atoms with van der Waals surface area (Å²) in [6.07, 6.45) is 8.90. The fourth-order valence-corrected chi connectivity index (χ4v) is 0.731. The molecule has 0 aromatic rings. The summed E-state index contributed by atoms with van der Waals surface area (Å²) in [5.74, 6) is 0. The number of hydrogen-bond acceptors (Lipinski definition) is 1. The Labute approximate surface area is 60.7 Å². The van der Waals surface area contributed by atoms with Crippen molar-refractivity contribution in [2.24, 2.45) is 0 Å². The maximum Gasteiger partial charge on any atom is 0.0833 e. The van der Waals surface area contributed by atoms with Crippen molar-refractivity contribution in [3.05, 3.63) is 41.7 Å². The van der Waals surface area contributed by atoms with E-state index in [1.54, 1.807) is 13.0 Å². The van der Waals surface area contributed by atoms with Gasteiger partial charge in [0.15, 0.2) is 0 Å². The van der Waals surface area contributed by atoms with E-state index in [4.69, 9.17) is 5.11 Å².